The van der Waals surface area contributed by atoms with Crippen molar-refractivity contribution in [3.8, 4) is 0 Å². The first-order chi connectivity index (χ1) is 5.76. The molecule has 2 heteroatoms. The van der Waals surface area contributed by atoms with Crippen LogP contribution in [0.5, 0.6) is 0 Å². The molecule has 1 nitrogen and oxygen atoms in total. The lowest BCUT2D eigenvalue weighted by Gasteiger charge is -2.28. The van der Waals surface area contributed by atoms with Crippen LogP contribution in [0.15, 0.2) is 12.2 Å². The summed E-state index contributed by atoms with van der Waals surface area (Å²) in [6.07, 6.45) is 7.16. The van der Waals surface area contributed by atoms with Crippen molar-refractivity contribution in [2.45, 2.75) is 38.7 Å². The van der Waals surface area contributed by atoms with Crippen LogP contribution < -0.4 is 0 Å². The first-order valence-corrected chi connectivity index (χ1v) is 5.77. The fraction of sp³-hybridized carbons (Fsp3) is 0.800. The van der Waals surface area contributed by atoms with Gasteiger partial charge in [0.25, 0.3) is 0 Å². The van der Waals surface area contributed by atoms with Crippen molar-refractivity contribution in [2.75, 3.05) is 6.26 Å². The average Bonchev–Trinajstić information content (AvgIpc) is 2.04. The Hall–Kier alpha value is 0.0500. The minimum absolute atomic E-state index is 0.422. The Balaban J connectivity index is 2.39. The summed E-state index contributed by atoms with van der Waals surface area (Å²) < 4.78 is 5.54. The first kappa shape index (κ1) is 10.1. The van der Waals surface area contributed by atoms with Crippen LogP contribution in [0, 0.1) is 5.92 Å². The molecule has 12 heavy (non-hydrogen) atoms. The monoisotopic (exact) mass is 186 g/mol. The minimum Gasteiger partial charge on any atom is -0.312 e. The fourth-order valence-corrected chi connectivity index (χ4v) is 2.29. The lowest BCUT2D eigenvalue weighted by Crippen LogP contribution is -2.21. The molecule has 0 aromatic carbocycles. The van der Waals surface area contributed by atoms with E-state index in [4.69, 9.17) is 4.18 Å². The van der Waals surface area contributed by atoms with Gasteiger partial charge in [0.1, 0.15) is 0 Å². The van der Waals surface area contributed by atoms with Gasteiger partial charge >= 0.3 is 0 Å². The topological polar surface area (TPSA) is 9.23 Å². The highest BCUT2D eigenvalue weighted by Gasteiger charge is 2.23. The summed E-state index contributed by atoms with van der Waals surface area (Å²) >= 11 is 1.48. The van der Waals surface area contributed by atoms with Crippen molar-refractivity contribution < 1.29 is 4.18 Å². The highest BCUT2D eigenvalue weighted by atomic mass is 32.2. The molecule has 0 aromatic heterocycles. The first-order valence-electron chi connectivity index (χ1n) is 4.62. The number of hydrogen-bond acceptors (Lipinski definition) is 2. The van der Waals surface area contributed by atoms with E-state index >= 15 is 0 Å². The Bertz CT molecular complexity index is 156. The molecule has 0 heterocycles. The van der Waals surface area contributed by atoms with Gasteiger partial charge in [-0.25, -0.2) is 0 Å². The summed E-state index contributed by atoms with van der Waals surface area (Å²) in [6.45, 7) is 6.31. The number of rotatable bonds is 3. The summed E-state index contributed by atoms with van der Waals surface area (Å²) in [4.78, 5) is 0. The quantitative estimate of drug-likeness (QED) is 0.493. The van der Waals surface area contributed by atoms with E-state index in [0.29, 0.717) is 6.10 Å². The van der Waals surface area contributed by atoms with Crippen molar-refractivity contribution in [3.05, 3.63) is 12.2 Å². The molecular weight excluding hydrogens is 168 g/mol. The molecule has 0 bridgehead atoms. The molecule has 0 aliphatic heterocycles. The van der Waals surface area contributed by atoms with Crippen molar-refractivity contribution >= 4 is 12.0 Å². The van der Waals surface area contributed by atoms with Crippen LogP contribution in [0.4, 0.5) is 0 Å². The Morgan fingerprint density at radius 1 is 1.58 bits per heavy atom. The fourth-order valence-electron chi connectivity index (χ4n) is 1.87. The molecule has 0 spiro atoms. The maximum absolute atomic E-state index is 5.54. The second-order valence-corrected chi connectivity index (χ2v) is 4.08. The average molecular weight is 186 g/mol. The molecule has 1 aliphatic carbocycles. The van der Waals surface area contributed by atoms with Crippen LogP contribution in [0.1, 0.15) is 32.6 Å². The van der Waals surface area contributed by atoms with E-state index in [9.17, 15) is 0 Å². The highest BCUT2D eigenvalue weighted by molar-refractivity contribution is 7.93. The molecule has 1 rings (SSSR count). The van der Waals surface area contributed by atoms with Crippen molar-refractivity contribution in [1.29, 1.82) is 0 Å². The van der Waals surface area contributed by atoms with Crippen molar-refractivity contribution in [1.82, 2.24) is 0 Å². The van der Waals surface area contributed by atoms with Gasteiger partial charge in [0.2, 0.25) is 0 Å². The Morgan fingerprint density at radius 3 is 2.92 bits per heavy atom. The van der Waals surface area contributed by atoms with E-state index in [2.05, 4.69) is 13.5 Å². The zero-order valence-corrected chi connectivity index (χ0v) is 8.82. The summed E-state index contributed by atoms with van der Waals surface area (Å²) in [5.74, 6) is 0.809. The van der Waals surface area contributed by atoms with E-state index < -0.39 is 0 Å². The zero-order valence-electron chi connectivity index (χ0n) is 8.01. The second-order valence-electron chi connectivity index (χ2n) is 3.55. The van der Waals surface area contributed by atoms with E-state index in [1.807, 2.05) is 6.26 Å². The summed E-state index contributed by atoms with van der Waals surface area (Å²) in [7, 11) is 0. The standard InChI is InChI=1S/C10H18OS/c1-4-9-5-8(2)6-10(7-9)11-12-3/h9-10H,2,4-7H2,1,3H3. The third kappa shape index (κ3) is 2.83. The molecule has 0 radical (unpaired) electrons. The predicted octanol–water partition coefficient (Wildman–Crippen LogP) is 3.42. The second kappa shape index (κ2) is 4.93. The number of hydrogen-bond donors (Lipinski definition) is 0. The molecule has 1 fully saturated rings. The van der Waals surface area contributed by atoms with Gasteiger partial charge in [-0.3, -0.25) is 0 Å². The van der Waals surface area contributed by atoms with E-state index in [-0.39, 0.29) is 0 Å². The third-order valence-corrected chi connectivity index (χ3v) is 2.96. The molecule has 0 saturated heterocycles. The molecule has 2 atom stereocenters. The SMILES string of the molecule is C=C1CC(CC)CC(OSC)C1. The Morgan fingerprint density at radius 2 is 2.33 bits per heavy atom. The molecule has 1 saturated carbocycles. The lowest BCUT2D eigenvalue weighted by atomic mass is 9.83. The van der Waals surface area contributed by atoms with Gasteiger partial charge in [0.05, 0.1) is 6.10 Å². The largest absolute Gasteiger partial charge is 0.312 e. The van der Waals surface area contributed by atoms with Crippen molar-refractivity contribution in [2.24, 2.45) is 5.92 Å². The maximum atomic E-state index is 5.54. The van der Waals surface area contributed by atoms with Gasteiger partial charge < -0.3 is 4.18 Å². The molecular formula is C10H18OS. The van der Waals surface area contributed by atoms with E-state index in [0.717, 1.165) is 12.3 Å². The van der Waals surface area contributed by atoms with E-state index in [1.165, 1.54) is 36.9 Å². The molecule has 1 aliphatic rings. The van der Waals surface area contributed by atoms with Crippen molar-refractivity contribution in [3.63, 3.8) is 0 Å². The van der Waals surface area contributed by atoms with Crippen LogP contribution in [0.2, 0.25) is 0 Å². The van der Waals surface area contributed by atoms with E-state index in [1.54, 1.807) is 0 Å². The molecule has 0 aromatic rings. The van der Waals surface area contributed by atoms with Crippen LogP contribution in [-0.2, 0) is 4.18 Å². The smallest absolute Gasteiger partial charge is 0.0761 e. The molecule has 0 amide bonds. The zero-order chi connectivity index (χ0) is 8.97. The van der Waals surface area contributed by atoms with Gasteiger partial charge in [0.15, 0.2) is 0 Å². The van der Waals surface area contributed by atoms with Gasteiger partial charge in [-0.05, 0) is 37.2 Å². The summed E-state index contributed by atoms with van der Waals surface area (Å²) in [5.41, 5.74) is 1.37. The normalized spacial score (nSPS) is 30.7. The third-order valence-electron chi connectivity index (χ3n) is 2.50. The van der Waals surface area contributed by atoms with Gasteiger partial charge in [-0.15, -0.1) is 0 Å². The lowest BCUT2D eigenvalue weighted by molar-refractivity contribution is 0.174. The highest BCUT2D eigenvalue weighted by Crippen LogP contribution is 2.32. The van der Waals surface area contributed by atoms with Crippen LogP contribution in [0.25, 0.3) is 0 Å². The molecule has 0 N–H and O–H groups in total. The van der Waals surface area contributed by atoms with Crippen LogP contribution in [-0.4, -0.2) is 12.4 Å². The summed E-state index contributed by atoms with van der Waals surface area (Å²) in [6, 6.07) is 0. The van der Waals surface area contributed by atoms with Gasteiger partial charge in [-0.2, -0.15) is 0 Å². The minimum atomic E-state index is 0.422. The van der Waals surface area contributed by atoms with Gasteiger partial charge in [-0.1, -0.05) is 25.5 Å². The van der Waals surface area contributed by atoms with Crippen LogP contribution >= 0.6 is 12.0 Å². The Labute approximate surface area is 79.8 Å². The van der Waals surface area contributed by atoms with Gasteiger partial charge in [0, 0.05) is 6.26 Å². The predicted molar refractivity (Wildman–Crippen MR) is 55.2 cm³/mol. The molecule has 2 unspecified atom stereocenters. The Kier molecular flexibility index (Phi) is 4.16. The molecule has 70 valence electrons. The van der Waals surface area contributed by atoms with Crippen LogP contribution in [0.3, 0.4) is 0 Å². The summed E-state index contributed by atoms with van der Waals surface area (Å²) in [5, 5.41) is 0. The maximum Gasteiger partial charge on any atom is 0.0761 e.